The van der Waals surface area contributed by atoms with Gasteiger partial charge in [0.05, 0.1) is 64.1 Å². The maximum atomic E-state index is 13.2. The number of aromatic nitrogens is 8. The molecule has 8 aliphatic rings. The predicted octanol–water partition coefficient (Wildman–Crippen LogP) is 0.786. The highest BCUT2D eigenvalue weighted by Crippen LogP contribution is 2.54. The number of hydrogen-bond acceptors (Lipinski definition) is 27. The van der Waals surface area contributed by atoms with Crippen LogP contribution in [0.2, 0.25) is 0 Å². The van der Waals surface area contributed by atoms with E-state index in [9.17, 15) is 66.8 Å². The average molecular weight is 1640 g/mol. The molecule has 8 fully saturated rings. The quantitative estimate of drug-likeness (QED) is 0.0592. The second kappa shape index (κ2) is 39.5. The molecule has 12 heterocycles. The van der Waals surface area contributed by atoms with Gasteiger partial charge in [0.15, 0.2) is 24.9 Å². The van der Waals surface area contributed by atoms with Crippen molar-refractivity contribution in [2.45, 2.75) is 134 Å². The Bertz CT molecular complexity index is 4310. The minimum absolute atomic E-state index is 0.0622. The first-order valence-corrected chi connectivity index (χ1v) is 45.4. The number of H-pyrrole nitrogens is 4. The Morgan fingerprint density at radius 3 is 1.10 bits per heavy atom. The van der Waals surface area contributed by atoms with Crippen LogP contribution in [0.25, 0.3) is 0 Å². The lowest BCUT2D eigenvalue weighted by molar-refractivity contribution is -0.128. The van der Waals surface area contributed by atoms with Gasteiger partial charge in [-0.15, -0.1) is 0 Å². The highest BCUT2D eigenvalue weighted by molar-refractivity contribution is 7.56. The van der Waals surface area contributed by atoms with Gasteiger partial charge in [-0.3, -0.25) is 95.2 Å². The monoisotopic (exact) mass is 1630 g/mol. The normalized spacial score (nSPS) is 29.0. The molecule has 4 aromatic rings. The zero-order valence-electron chi connectivity index (χ0n) is 65.2. The summed E-state index contributed by atoms with van der Waals surface area (Å²) in [6.45, 7) is 23.3. The van der Waals surface area contributed by atoms with E-state index in [1.807, 2.05) is 61.6 Å². The smallest absolute Gasteiger partial charge is 0.330 e. The van der Waals surface area contributed by atoms with Crippen LogP contribution < -0.4 is 45.0 Å². The van der Waals surface area contributed by atoms with Crippen molar-refractivity contribution in [3.8, 4) is 0 Å². The molecule has 0 amide bonds. The maximum absolute atomic E-state index is 13.2. The zero-order valence-corrected chi connectivity index (χ0v) is 68.8. The second-order valence-electron chi connectivity index (χ2n) is 29.9. The molecule has 12 rings (SSSR count). The molecule has 0 aliphatic carbocycles. The van der Waals surface area contributed by atoms with Gasteiger partial charge in [0.25, 0.3) is 52.3 Å². The van der Waals surface area contributed by atoms with Crippen LogP contribution in [0.5, 0.6) is 0 Å². The third kappa shape index (κ3) is 24.0. The number of morpholine rings is 5. The van der Waals surface area contributed by atoms with Gasteiger partial charge >= 0.3 is 22.8 Å². The van der Waals surface area contributed by atoms with Crippen LogP contribution in [0, 0.1) is 27.7 Å². The number of aromatic amines is 4. The van der Waals surface area contributed by atoms with Crippen molar-refractivity contribution in [2.75, 3.05) is 199 Å². The Balaban J connectivity index is 0.000000169. The summed E-state index contributed by atoms with van der Waals surface area (Å²) in [5.41, 5.74) is -1.92. The van der Waals surface area contributed by atoms with Crippen molar-refractivity contribution in [1.29, 1.82) is 0 Å². The highest BCUT2D eigenvalue weighted by Gasteiger charge is 2.42. The van der Waals surface area contributed by atoms with Crippen molar-refractivity contribution < 1.29 is 70.3 Å². The number of aliphatic hydroxyl groups excluding tert-OH is 2. The molecule has 0 bridgehead atoms. The minimum Gasteiger partial charge on any atom is -0.396 e. The molecule has 0 saturated carbocycles. The number of ether oxygens (including phenoxy) is 5. The van der Waals surface area contributed by atoms with Crippen LogP contribution >= 0.6 is 30.1 Å². The number of likely N-dealkylation sites (N-methyl/N-ethyl adjacent to an activating group) is 4. The van der Waals surface area contributed by atoms with E-state index in [0.717, 1.165) is 32.1 Å². The number of aryl methyl sites for hydroxylation is 4. The summed E-state index contributed by atoms with van der Waals surface area (Å²) in [6.07, 6.45) is 8.20. The van der Waals surface area contributed by atoms with Crippen LogP contribution in [0.1, 0.15) is 92.1 Å². The van der Waals surface area contributed by atoms with E-state index in [0.29, 0.717) is 147 Å². The van der Waals surface area contributed by atoms with E-state index in [1.54, 1.807) is 54.4 Å². The van der Waals surface area contributed by atoms with Gasteiger partial charge < -0.3 is 52.0 Å². The summed E-state index contributed by atoms with van der Waals surface area (Å²) in [5, 5.41) is 18.5. The molecule has 8 aliphatic heterocycles. The lowest BCUT2D eigenvalue weighted by atomic mass is 10.2. The molecular formula is C67H114N16O23P4. The van der Waals surface area contributed by atoms with Gasteiger partial charge in [0.1, 0.15) is 0 Å². The topological polar surface area (TPSA) is 437 Å². The molecule has 0 aromatic carbocycles. The largest absolute Gasteiger partial charge is 0.396 e. The predicted molar refractivity (Wildman–Crippen MR) is 409 cm³/mol. The Morgan fingerprint density at radius 1 is 0.455 bits per heavy atom. The molecule has 43 heteroatoms. The van der Waals surface area contributed by atoms with Gasteiger partial charge in [-0.05, 0) is 101 Å². The Morgan fingerprint density at radius 2 is 0.773 bits per heavy atom. The Hall–Kier alpha value is -5.12. The number of hydrogen-bond donors (Lipinski definition) is 6. The maximum Gasteiger partial charge on any atom is 0.330 e. The van der Waals surface area contributed by atoms with Crippen molar-refractivity contribution in [1.82, 2.24) is 76.5 Å². The third-order valence-corrected chi connectivity index (χ3v) is 28.8. The van der Waals surface area contributed by atoms with Gasteiger partial charge in [-0.25, -0.2) is 37.9 Å². The fraction of sp³-hybridized carbons (Fsp3) is 0.761. The van der Waals surface area contributed by atoms with Crippen molar-refractivity contribution >= 4 is 30.1 Å². The van der Waals surface area contributed by atoms with Crippen LogP contribution in [0.3, 0.4) is 0 Å². The Kier molecular flexibility index (Phi) is 31.9. The summed E-state index contributed by atoms with van der Waals surface area (Å²) >= 11 is 0. The van der Waals surface area contributed by atoms with E-state index in [-0.39, 0.29) is 75.1 Å². The lowest BCUT2D eigenvalue weighted by Crippen LogP contribution is -2.50. The lowest BCUT2D eigenvalue weighted by Gasteiger charge is -2.40. The summed E-state index contributed by atoms with van der Waals surface area (Å²) in [7, 11) is -4.06. The van der Waals surface area contributed by atoms with E-state index in [4.69, 9.17) is 41.8 Å². The average Bonchev–Trinajstić information content (AvgIpc) is 0.845. The van der Waals surface area contributed by atoms with Crippen molar-refractivity contribution in [3.05, 3.63) is 130 Å². The van der Waals surface area contributed by atoms with Crippen LogP contribution in [-0.4, -0.2) is 323 Å². The molecule has 7 unspecified atom stereocenters. The summed E-state index contributed by atoms with van der Waals surface area (Å²) in [4.78, 5) is 112. The molecule has 8 saturated heterocycles. The van der Waals surface area contributed by atoms with E-state index in [1.165, 1.54) is 43.1 Å². The summed E-state index contributed by atoms with van der Waals surface area (Å²) in [6, 6.07) is 0.141. The molecule has 620 valence electrons. The fourth-order valence-electron chi connectivity index (χ4n) is 14.7. The van der Waals surface area contributed by atoms with Gasteiger partial charge in [-0.1, -0.05) is 0 Å². The molecule has 0 spiro atoms. The molecule has 110 heavy (non-hydrogen) atoms. The van der Waals surface area contributed by atoms with Gasteiger partial charge in [0, 0.05) is 191 Å². The second-order valence-corrected chi connectivity index (χ2v) is 39.5. The number of rotatable bonds is 22. The first-order valence-electron chi connectivity index (χ1n) is 37.3. The van der Waals surface area contributed by atoms with Crippen LogP contribution in [-0.2, 0) is 60.0 Å². The SMILES string of the molecule is Cc1cn(C2CN(C)C[C@@H](CN3CCCOP3(C)=O)O2)c(=O)[nH]c1=O.Cc1cn(C2CN(C)C[C@@H](COP(C)(=O)N3CCC[C@@H]3CCO)O2)c(=O)[nH]c1=O.Cc1cn(C2CN(C)C[C@@H](COP(C)(=O)N3CCC[C@H]3CCO)O2)c(=O)[nH]c1=O.Cc1cn(C2CN(C)C[C@@H](CO[P@](C)(=O)N3CCOCC3)O2)c(=O)[nH]c1=O. The molecular weight excluding hydrogens is 1520 g/mol. The number of nitrogens with one attached hydrogen (secondary N) is 4. The fourth-order valence-corrected chi connectivity index (χ4v) is 21.6. The standard InChI is InChI=1S/2C18H31N4O6P.C16H27N4O6P.C15H25N4O5P/c2*1-13-9-21(18(25)19-17(13)24)16-11-20(2)10-15(28-16)12-27-29(3,26)22-7-4-5-14(22)6-8-23;1-12-8-20(16(22)17-15(12)21)14-10-18(2)9-13(26-14)11-25-27(3,23)19-4-6-24-7-5-19;1-11-7-19(15(21)16-14(11)20)13-10-17(2)8-12(24-13)9-18-5-4-6-23-25(18,3)22/h2*9,14-16,23H,4-8,10-12H2,1-3H3,(H,19,24,25);8,13-14H,4-7,9-11H2,1-3H3,(H,17,21,22);7,12-13H,4-6,8-10H2,1-3H3,(H,16,20,21)/t14-,15+,16?,29?;14-,15-,16?,29?;13-,14?,27-;12-,13?,25?/m1000/s1. The van der Waals surface area contributed by atoms with Crippen molar-refractivity contribution in [3.63, 3.8) is 0 Å². The molecule has 0 radical (unpaired) electrons. The van der Waals surface area contributed by atoms with E-state index in [2.05, 4.69) is 24.8 Å². The van der Waals surface area contributed by atoms with Gasteiger partial charge in [0.2, 0.25) is 0 Å². The third-order valence-electron chi connectivity index (χ3n) is 20.5. The van der Waals surface area contributed by atoms with E-state index >= 15 is 0 Å². The number of nitrogens with zero attached hydrogens (tertiary/aromatic N) is 12. The first kappa shape index (κ1) is 88.8. The Labute approximate surface area is 637 Å². The van der Waals surface area contributed by atoms with Gasteiger partial charge in [-0.2, -0.15) is 0 Å². The molecule has 6 N–H and O–H groups in total. The van der Waals surface area contributed by atoms with E-state index < -0.39 is 94.4 Å². The highest BCUT2D eigenvalue weighted by atomic mass is 31.2. The van der Waals surface area contributed by atoms with Crippen LogP contribution in [0.15, 0.2) is 63.1 Å². The summed E-state index contributed by atoms with van der Waals surface area (Å²) < 4.78 is 117. The van der Waals surface area contributed by atoms with Crippen molar-refractivity contribution in [2.24, 2.45) is 0 Å². The molecule has 4 aromatic heterocycles. The summed E-state index contributed by atoms with van der Waals surface area (Å²) in [5.74, 6) is 0. The first-order chi connectivity index (χ1) is 51.9. The molecule has 14 atom stereocenters. The molecule has 39 nitrogen and oxygen atoms in total. The van der Waals surface area contributed by atoms with Crippen LogP contribution in [0.4, 0.5) is 0 Å². The minimum atomic E-state index is -3.02. The number of aliphatic hydroxyl groups is 2. The zero-order chi connectivity index (χ0) is 80.2.